The summed E-state index contributed by atoms with van der Waals surface area (Å²) in [5.41, 5.74) is 0. The van der Waals surface area contributed by atoms with E-state index in [9.17, 15) is 14.4 Å². The second-order valence-electron chi connectivity index (χ2n) is 18.4. The number of rotatable bonds is 48. The van der Waals surface area contributed by atoms with Crippen molar-refractivity contribution < 1.29 is 28.6 Å². The zero-order chi connectivity index (χ0) is 43.1. The van der Waals surface area contributed by atoms with Gasteiger partial charge >= 0.3 is 17.9 Å². The summed E-state index contributed by atoms with van der Waals surface area (Å²) in [7, 11) is 0. The summed E-state index contributed by atoms with van der Waals surface area (Å²) in [5, 5.41) is 0. The number of hydrogen-bond acceptors (Lipinski definition) is 6. The van der Waals surface area contributed by atoms with Crippen molar-refractivity contribution in [2.75, 3.05) is 13.2 Å². The molecule has 0 radical (unpaired) electrons. The highest BCUT2D eigenvalue weighted by atomic mass is 16.6. The van der Waals surface area contributed by atoms with Crippen LogP contribution in [0, 0.1) is 5.92 Å². The summed E-state index contributed by atoms with van der Waals surface area (Å²) in [4.78, 5) is 37.7. The van der Waals surface area contributed by atoms with E-state index in [0.717, 1.165) is 70.1 Å². The Balaban J connectivity index is 4.09. The molecule has 0 saturated carbocycles. The fraction of sp³-hybridized carbons (Fsp3) is 0.943. The lowest BCUT2D eigenvalue weighted by Gasteiger charge is -2.18. The summed E-state index contributed by atoms with van der Waals surface area (Å²) in [6, 6.07) is 0. The third kappa shape index (κ3) is 45.8. The molecule has 0 aromatic carbocycles. The molecule has 0 heterocycles. The van der Waals surface area contributed by atoms with Gasteiger partial charge in [-0.15, -0.1) is 0 Å². The maximum Gasteiger partial charge on any atom is 0.306 e. The van der Waals surface area contributed by atoms with E-state index in [1.807, 2.05) is 0 Å². The minimum Gasteiger partial charge on any atom is -0.462 e. The van der Waals surface area contributed by atoms with Crippen LogP contribution in [0.5, 0.6) is 0 Å². The lowest BCUT2D eigenvalue weighted by Crippen LogP contribution is -2.30. The van der Waals surface area contributed by atoms with Crippen molar-refractivity contribution in [2.45, 2.75) is 303 Å². The highest BCUT2D eigenvalue weighted by Gasteiger charge is 2.19. The van der Waals surface area contributed by atoms with Gasteiger partial charge < -0.3 is 14.2 Å². The Bertz CT molecular complexity index is 889. The van der Waals surface area contributed by atoms with Gasteiger partial charge in [0.15, 0.2) is 6.10 Å². The zero-order valence-corrected chi connectivity index (χ0v) is 40.2. The largest absolute Gasteiger partial charge is 0.462 e. The lowest BCUT2D eigenvalue weighted by atomic mass is 9.99. The molecule has 0 aromatic heterocycles. The van der Waals surface area contributed by atoms with Gasteiger partial charge in [0.2, 0.25) is 0 Å². The SMILES string of the molecule is CCCCCCCCCCCCCCCCCCCCC(=O)O[C@H](COC(=O)CCCCCCC)COC(=O)CCCCCCCCCCCCCCCCC(C)CC. The Labute approximate surface area is 368 Å². The Kier molecular flexibility index (Phi) is 46.2. The monoisotopic (exact) mass is 835 g/mol. The van der Waals surface area contributed by atoms with E-state index >= 15 is 0 Å². The van der Waals surface area contributed by atoms with Crippen LogP contribution in [0.2, 0.25) is 0 Å². The first-order valence-electron chi connectivity index (χ1n) is 26.4. The summed E-state index contributed by atoms with van der Waals surface area (Å²) in [6.45, 7) is 9.00. The van der Waals surface area contributed by atoms with E-state index in [1.165, 1.54) is 186 Å². The quantitative estimate of drug-likeness (QED) is 0.0345. The average molecular weight is 835 g/mol. The average Bonchev–Trinajstić information content (AvgIpc) is 3.23. The Morgan fingerprint density at radius 2 is 0.593 bits per heavy atom. The molecular formula is C53H102O6. The molecular weight excluding hydrogens is 733 g/mol. The first kappa shape index (κ1) is 57.4. The molecule has 0 rings (SSSR count). The number of esters is 3. The molecule has 0 fully saturated rings. The van der Waals surface area contributed by atoms with Crippen LogP contribution in [0.3, 0.4) is 0 Å². The van der Waals surface area contributed by atoms with Crippen molar-refractivity contribution in [3.05, 3.63) is 0 Å². The van der Waals surface area contributed by atoms with Gasteiger partial charge in [0, 0.05) is 19.3 Å². The third-order valence-corrected chi connectivity index (χ3v) is 12.4. The normalized spacial score (nSPS) is 12.4. The van der Waals surface area contributed by atoms with Crippen LogP contribution < -0.4 is 0 Å². The van der Waals surface area contributed by atoms with Crippen molar-refractivity contribution in [3.8, 4) is 0 Å². The van der Waals surface area contributed by atoms with Gasteiger partial charge in [0.05, 0.1) is 0 Å². The fourth-order valence-electron chi connectivity index (χ4n) is 8.01. The van der Waals surface area contributed by atoms with Crippen LogP contribution in [-0.2, 0) is 28.6 Å². The van der Waals surface area contributed by atoms with Gasteiger partial charge in [-0.05, 0) is 25.2 Å². The van der Waals surface area contributed by atoms with Gasteiger partial charge in [0.1, 0.15) is 13.2 Å². The zero-order valence-electron chi connectivity index (χ0n) is 40.2. The molecule has 6 nitrogen and oxygen atoms in total. The lowest BCUT2D eigenvalue weighted by molar-refractivity contribution is -0.167. The Morgan fingerprint density at radius 3 is 0.881 bits per heavy atom. The molecule has 0 aliphatic carbocycles. The minimum atomic E-state index is -0.759. The van der Waals surface area contributed by atoms with E-state index in [0.29, 0.717) is 19.3 Å². The molecule has 0 bridgehead atoms. The maximum absolute atomic E-state index is 12.7. The van der Waals surface area contributed by atoms with Crippen LogP contribution >= 0.6 is 0 Å². The molecule has 6 heteroatoms. The molecule has 0 saturated heterocycles. The van der Waals surface area contributed by atoms with Crippen LogP contribution in [0.1, 0.15) is 297 Å². The molecule has 59 heavy (non-hydrogen) atoms. The standard InChI is InChI=1S/C53H102O6/c1-5-8-10-12-13-14-15-16-17-18-19-20-25-28-31-34-38-42-46-53(56)59-50(47-57-51(54)44-40-35-11-9-6-2)48-58-52(55)45-41-37-33-30-27-24-22-21-23-26-29-32-36-39-43-49(4)7-3/h49-50H,5-48H2,1-4H3/t49?,50-/m1/s1. The van der Waals surface area contributed by atoms with Crippen molar-refractivity contribution in [1.82, 2.24) is 0 Å². The number of unbranched alkanes of at least 4 members (excludes halogenated alkanes) is 34. The highest BCUT2D eigenvalue weighted by Crippen LogP contribution is 2.18. The summed E-state index contributed by atoms with van der Waals surface area (Å²) in [5.74, 6) is 0.0378. The van der Waals surface area contributed by atoms with Gasteiger partial charge in [-0.25, -0.2) is 0 Å². The maximum atomic E-state index is 12.7. The van der Waals surface area contributed by atoms with E-state index in [1.54, 1.807) is 0 Å². The van der Waals surface area contributed by atoms with E-state index in [4.69, 9.17) is 14.2 Å². The minimum absolute atomic E-state index is 0.0638. The van der Waals surface area contributed by atoms with Crippen molar-refractivity contribution in [3.63, 3.8) is 0 Å². The third-order valence-electron chi connectivity index (χ3n) is 12.4. The molecule has 0 N–H and O–H groups in total. The fourth-order valence-corrected chi connectivity index (χ4v) is 8.01. The summed E-state index contributed by atoms with van der Waals surface area (Å²) in [6.07, 6.45) is 49.8. The molecule has 2 atom stereocenters. The second-order valence-corrected chi connectivity index (χ2v) is 18.4. The predicted octanol–water partition coefficient (Wildman–Crippen LogP) is 17.1. The van der Waals surface area contributed by atoms with Crippen LogP contribution in [0.4, 0.5) is 0 Å². The van der Waals surface area contributed by atoms with E-state index < -0.39 is 6.10 Å². The molecule has 350 valence electrons. The van der Waals surface area contributed by atoms with Gasteiger partial charge in [-0.2, -0.15) is 0 Å². The van der Waals surface area contributed by atoms with Crippen LogP contribution in [0.15, 0.2) is 0 Å². The number of carbonyl (C=O) groups is 3. The number of carbonyl (C=O) groups excluding carboxylic acids is 3. The van der Waals surface area contributed by atoms with E-state index in [2.05, 4.69) is 27.7 Å². The van der Waals surface area contributed by atoms with Crippen molar-refractivity contribution >= 4 is 17.9 Å². The van der Waals surface area contributed by atoms with Crippen molar-refractivity contribution in [1.29, 1.82) is 0 Å². The first-order chi connectivity index (χ1) is 28.9. The molecule has 0 amide bonds. The molecule has 1 unspecified atom stereocenters. The summed E-state index contributed by atoms with van der Waals surface area (Å²) >= 11 is 0. The van der Waals surface area contributed by atoms with Gasteiger partial charge in [0.25, 0.3) is 0 Å². The second kappa shape index (κ2) is 47.5. The Hall–Kier alpha value is -1.59. The molecule has 0 aromatic rings. The first-order valence-corrected chi connectivity index (χ1v) is 26.4. The van der Waals surface area contributed by atoms with Gasteiger partial charge in [-0.1, -0.05) is 259 Å². The number of ether oxygens (including phenoxy) is 3. The Morgan fingerprint density at radius 1 is 0.339 bits per heavy atom. The van der Waals surface area contributed by atoms with Crippen molar-refractivity contribution in [2.24, 2.45) is 5.92 Å². The van der Waals surface area contributed by atoms with Crippen LogP contribution in [-0.4, -0.2) is 37.2 Å². The topological polar surface area (TPSA) is 78.9 Å². The molecule has 0 aliphatic rings. The van der Waals surface area contributed by atoms with E-state index in [-0.39, 0.29) is 31.1 Å². The molecule has 0 spiro atoms. The highest BCUT2D eigenvalue weighted by molar-refractivity contribution is 5.71. The molecule has 0 aliphatic heterocycles. The summed E-state index contributed by atoms with van der Waals surface area (Å²) < 4.78 is 16.7. The van der Waals surface area contributed by atoms with Crippen LogP contribution in [0.25, 0.3) is 0 Å². The van der Waals surface area contributed by atoms with Gasteiger partial charge in [-0.3, -0.25) is 14.4 Å². The number of hydrogen-bond donors (Lipinski definition) is 0. The predicted molar refractivity (Wildman–Crippen MR) is 252 cm³/mol. The smallest absolute Gasteiger partial charge is 0.306 e.